The standard InChI is InChI=1S/C76H59N9O12S3/c1-46-41-61(85-74(77-46)80-67(82-85)73(92)96-66(51-29-15-6-16-30-51)52-31-17-7-18-32-52)98-43-54-44-99-70-63(69(89)84(70)64(54)72(91)95-65(49-25-11-4-12-26-49)50-27-13-5-14-28-50)79-68(88)62(83-97-71(90)53-39-40-59(93-47(2)86)60(42-53)94-48(3)87)58-45-100-75(78-58)81-76(55-33-19-8-20-34-55,56-35-21-9-22-36-56)57-37-23-10-24-38-57/h4-42,45,63,65-66,70H,43-44H2,1-3H3,(H,78,81)(H,79,88)/t63-,70-/m1/s1. The SMILES string of the molecule is CC(=O)Oc1ccc(C(=O)ON=C(C(=O)N[C@@H]2C(=O)N3C(C(=O)OC(c4ccccc4)c4ccccc4)=C(CSc4cc(C)nc5nc(C(=O)OC(c6ccccc6)c6ccccc6)nn45)CS[C@H]23)c2csc(NC(c3ccccc3)(c3ccccc3)c3ccccc3)n2)cc1OC(C)=O. The van der Waals surface area contributed by atoms with Crippen LogP contribution in [0.1, 0.15) is 97.4 Å². The fourth-order valence-electron chi connectivity index (χ4n) is 11.6. The zero-order chi connectivity index (χ0) is 69.3. The Kier molecular flexibility index (Phi) is 19.9. The monoisotopic (exact) mass is 1390 g/mol. The molecule has 21 nitrogen and oxygen atoms in total. The van der Waals surface area contributed by atoms with Crippen molar-refractivity contribution in [2.24, 2.45) is 5.16 Å². The van der Waals surface area contributed by atoms with Gasteiger partial charge in [-0.2, -0.15) is 9.50 Å². The maximum atomic E-state index is 15.4. The van der Waals surface area contributed by atoms with E-state index in [1.807, 2.05) is 212 Å². The number of ether oxygens (including phenoxy) is 4. The summed E-state index contributed by atoms with van der Waals surface area (Å²) in [7, 11) is 0. The number of carbonyl (C=O) groups excluding carboxylic acids is 7. The maximum Gasteiger partial charge on any atom is 0.379 e. The quantitative estimate of drug-likeness (QED) is 0.00694. The van der Waals surface area contributed by atoms with Crippen molar-refractivity contribution in [3.8, 4) is 11.5 Å². The second-order valence-electron chi connectivity index (χ2n) is 22.9. The van der Waals surface area contributed by atoms with Crippen molar-refractivity contribution in [1.82, 2.24) is 34.8 Å². The summed E-state index contributed by atoms with van der Waals surface area (Å²) in [6.07, 6.45) is -1.70. The number of oxime groups is 1. The van der Waals surface area contributed by atoms with Gasteiger partial charge in [-0.15, -0.1) is 40.0 Å². The molecule has 0 aliphatic carbocycles. The van der Waals surface area contributed by atoms with Crippen LogP contribution in [0, 0.1) is 6.92 Å². The predicted octanol–water partition coefficient (Wildman–Crippen LogP) is 12.4. The Balaban J connectivity index is 0.831. The van der Waals surface area contributed by atoms with Gasteiger partial charge in [-0.25, -0.2) is 24.4 Å². The Morgan fingerprint density at radius 1 is 0.610 bits per heavy atom. The van der Waals surface area contributed by atoms with Crippen LogP contribution in [0.15, 0.2) is 263 Å². The average molecular weight is 1390 g/mol. The molecule has 0 spiro atoms. The molecule has 2 amide bonds. The average Bonchev–Trinajstić information content (AvgIpc) is 0.895. The molecule has 498 valence electrons. The summed E-state index contributed by atoms with van der Waals surface area (Å²) < 4.78 is 24.6. The molecule has 0 bridgehead atoms. The Morgan fingerprint density at radius 2 is 1.11 bits per heavy atom. The van der Waals surface area contributed by atoms with Crippen LogP contribution in [0.3, 0.4) is 0 Å². The van der Waals surface area contributed by atoms with Crippen molar-refractivity contribution in [2.75, 3.05) is 16.8 Å². The predicted molar refractivity (Wildman–Crippen MR) is 375 cm³/mol. The molecule has 1 fully saturated rings. The molecule has 11 aromatic rings. The zero-order valence-electron chi connectivity index (χ0n) is 53.6. The van der Waals surface area contributed by atoms with Gasteiger partial charge >= 0.3 is 29.8 Å². The van der Waals surface area contributed by atoms with E-state index >= 15 is 14.4 Å². The van der Waals surface area contributed by atoms with Crippen LogP contribution in [0.4, 0.5) is 5.13 Å². The number of aryl methyl sites for hydroxylation is 1. The van der Waals surface area contributed by atoms with Crippen molar-refractivity contribution in [3.05, 3.63) is 315 Å². The second kappa shape index (κ2) is 29.9. The molecule has 2 aliphatic rings. The van der Waals surface area contributed by atoms with Gasteiger partial charge in [0.1, 0.15) is 33.4 Å². The molecule has 13 rings (SSSR count). The molecule has 2 N–H and O–H groups in total. The summed E-state index contributed by atoms with van der Waals surface area (Å²) in [4.78, 5) is 119. The van der Waals surface area contributed by atoms with E-state index in [0.717, 1.165) is 59.1 Å². The third-order valence-corrected chi connectivity index (χ3v) is 19.3. The molecule has 0 saturated carbocycles. The summed E-state index contributed by atoms with van der Waals surface area (Å²) in [6, 6.07) is 70.4. The lowest BCUT2D eigenvalue weighted by molar-refractivity contribution is -0.154. The van der Waals surface area contributed by atoms with Crippen LogP contribution in [0.5, 0.6) is 11.5 Å². The Morgan fingerprint density at radius 3 is 1.63 bits per heavy atom. The van der Waals surface area contributed by atoms with Crippen molar-refractivity contribution < 1.29 is 57.3 Å². The van der Waals surface area contributed by atoms with Crippen molar-refractivity contribution >= 4 is 93.1 Å². The first-order chi connectivity index (χ1) is 48.7. The number of nitrogens with zero attached hydrogens (tertiary/aromatic N) is 7. The molecule has 100 heavy (non-hydrogen) atoms. The third-order valence-electron chi connectivity index (χ3n) is 16.2. The number of hydrogen-bond acceptors (Lipinski definition) is 21. The largest absolute Gasteiger partial charge is 0.448 e. The Bertz CT molecular complexity index is 4760. The number of thiazole rings is 1. The van der Waals surface area contributed by atoms with Crippen LogP contribution in [0.25, 0.3) is 5.78 Å². The van der Waals surface area contributed by atoms with E-state index in [9.17, 15) is 19.2 Å². The number of rotatable bonds is 23. The third kappa shape index (κ3) is 14.4. The number of nitrogens with one attached hydrogen (secondary N) is 2. The highest BCUT2D eigenvalue weighted by Gasteiger charge is 2.55. The van der Waals surface area contributed by atoms with Crippen molar-refractivity contribution in [3.63, 3.8) is 0 Å². The fraction of sp³-hybridized carbons (Fsp3) is 0.132. The molecule has 2 aliphatic heterocycles. The van der Waals surface area contributed by atoms with E-state index < -0.39 is 76.5 Å². The highest BCUT2D eigenvalue weighted by molar-refractivity contribution is 8.01. The Labute approximate surface area is 585 Å². The minimum atomic E-state index is -1.30. The van der Waals surface area contributed by atoms with Gasteiger partial charge in [-0.1, -0.05) is 217 Å². The summed E-state index contributed by atoms with van der Waals surface area (Å²) in [6.45, 7) is 4.05. The van der Waals surface area contributed by atoms with Gasteiger partial charge in [-0.3, -0.25) is 24.1 Å². The minimum absolute atomic E-state index is 0.0500. The molecule has 2 atom stereocenters. The fourth-order valence-corrected chi connectivity index (χ4v) is 14.9. The lowest BCUT2D eigenvalue weighted by Crippen LogP contribution is -2.71. The molecular formula is C76H59N9O12S3. The molecule has 3 aromatic heterocycles. The van der Waals surface area contributed by atoms with E-state index in [1.165, 1.54) is 45.1 Å². The Hall–Kier alpha value is -11.9. The van der Waals surface area contributed by atoms with E-state index in [4.69, 9.17) is 28.8 Å². The number of amides is 2. The summed E-state index contributed by atoms with van der Waals surface area (Å²) in [5.41, 5.74) is 4.51. The summed E-state index contributed by atoms with van der Waals surface area (Å²) in [5, 5.41) is 16.7. The molecule has 5 heterocycles. The number of esters is 4. The number of thioether (sulfide) groups is 2. The topological polar surface area (TPSA) is 261 Å². The first-order valence-electron chi connectivity index (χ1n) is 31.4. The maximum absolute atomic E-state index is 15.4. The van der Waals surface area contributed by atoms with Crippen LogP contribution in [-0.2, 0) is 43.8 Å². The van der Waals surface area contributed by atoms with Gasteiger partial charge in [0.2, 0.25) is 0 Å². The normalized spacial score (nSPS) is 14.4. The zero-order valence-corrected chi connectivity index (χ0v) is 56.0. The number of carbonyl (C=O) groups is 7. The molecule has 24 heteroatoms. The smallest absolute Gasteiger partial charge is 0.379 e. The van der Waals surface area contributed by atoms with Gasteiger partial charge in [-0.05, 0) is 75.7 Å². The van der Waals surface area contributed by atoms with E-state index in [-0.39, 0.29) is 51.6 Å². The number of β-lactam (4-membered cyclic amide) rings is 1. The molecule has 0 radical (unpaired) electrons. The number of aromatic nitrogens is 5. The first kappa shape index (κ1) is 66.7. The van der Waals surface area contributed by atoms with E-state index in [2.05, 4.69) is 30.9 Å². The summed E-state index contributed by atoms with van der Waals surface area (Å²) in [5.74, 6) is -6.20. The van der Waals surface area contributed by atoms with Gasteiger partial charge in [0.15, 0.2) is 34.6 Å². The highest BCUT2D eigenvalue weighted by Crippen LogP contribution is 2.45. The van der Waals surface area contributed by atoms with Gasteiger partial charge in [0, 0.05) is 36.4 Å². The van der Waals surface area contributed by atoms with Gasteiger partial charge in [0.25, 0.3) is 23.4 Å². The van der Waals surface area contributed by atoms with Gasteiger partial charge in [0.05, 0.1) is 5.56 Å². The highest BCUT2D eigenvalue weighted by atomic mass is 32.2. The van der Waals surface area contributed by atoms with Crippen LogP contribution >= 0.6 is 34.9 Å². The lowest BCUT2D eigenvalue weighted by atomic mass is 9.77. The molecule has 1 saturated heterocycles. The van der Waals surface area contributed by atoms with E-state index in [1.54, 1.807) is 18.4 Å². The van der Waals surface area contributed by atoms with Crippen LogP contribution < -0.4 is 20.1 Å². The number of benzene rings is 8. The summed E-state index contributed by atoms with van der Waals surface area (Å²) >= 11 is 3.68. The molecular weight excluding hydrogens is 1330 g/mol. The molecule has 0 unspecified atom stereocenters. The number of fused-ring (bicyclic) bond motifs is 2. The minimum Gasteiger partial charge on any atom is -0.448 e. The van der Waals surface area contributed by atoms with Crippen molar-refractivity contribution in [2.45, 2.75) is 55.0 Å². The first-order valence-corrected chi connectivity index (χ1v) is 34.3. The van der Waals surface area contributed by atoms with Crippen molar-refractivity contribution in [1.29, 1.82) is 0 Å². The number of anilines is 1. The second-order valence-corrected chi connectivity index (χ2v) is 25.8. The van der Waals surface area contributed by atoms with Gasteiger partial charge < -0.3 is 34.4 Å². The molecule has 8 aromatic carbocycles. The van der Waals surface area contributed by atoms with Crippen LogP contribution in [-0.4, -0.2) is 99.8 Å². The lowest BCUT2D eigenvalue weighted by Gasteiger charge is -2.49. The van der Waals surface area contributed by atoms with E-state index in [0.29, 0.717) is 32.6 Å². The van der Waals surface area contributed by atoms with Crippen LogP contribution in [0.2, 0.25) is 0 Å². The number of hydrogen-bond donors (Lipinski definition) is 2.